The van der Waals surface area contributed by atoms with Gasteiger partial charge in [-0.1, -0.05) is 53.8 Å². The van der Waals surface area contributed by atoms with E-state index in [0.717, 1.165) is 16.7 Å². The number of benzene rings is 3. The van der Waals surface area contributed by atoms with E-state index in [0.29, 0.717) is 23.2 Å². The minimum Gasteiger partial charge on any atom is -0.465 e. The third-order valence-electron chi connectivity index (χ3n) is 4.27. The van der Waals surface area contributed by atoms with E-state index in [9.17, 15) is 9.59 Å². The summed E-state index contributed by atoms with van der Waals surface area (Å²) in [5, 5.41) is 2.91. The number of hydrogen-bond donors (Lipinski definition) is 1. The van der Waals surface area contributed by atoms with Gasteiger partial charge in [0.25, 0.3) is 0 Å². The highest BCUT2D eigenvalue weighted by atomic mass is 16.5. The molecule has 4 nitrogen and oxygen atoms in total. The molecule has 0 saturated carbocycles. The normalized spacial score (nSPS) is 9.86. The predicted molar refractivity (Wildman–Crippen MR) is 114 cm³/mol. The average Bonchev–Trinajstić information content (AvgIpc) is 2.74. The molecular formula is C25H21NO3. The van der Waals surface area contributed by atoms with Crippen molar-refractivity contribution in [2.75, 3.05) is 12.4 Å². The Balaban J connectivity index is 1.69. The van der Waals surface area contributed by atoms with Crippen molar-refractivity contribution in [3.05, 3.63) is 101 Å². The highest BCUT2D eigenvalue weighted by molar-refractivity contribution is 5.92. The maximum atomic E-state index is 12.3. The van der Waals surface area contributed by atoms with Crippen LogP contribution in [0.2, 0.25) is 0 Å². The van der Waals surface area contributed by atoms with E-state index in [-0.39, 0.29) is 5.91 Å². The molecule has 0 aliphatic carbocycles. The van der Waals surface area contributed by atoms with Crippen LogP contribution in [-0.4, -0.2) is 19.0 Å². The molecule has 0 saturated heterocycles. The largest absolute Gasteiger partial charge is 0.465 e. The molecule has 1 amide bonds. The number of carbonyl (C=O) groups is 2. The first-order chi connectivity index (χ1) is 14.0. The highest BCUT2D eigenvalue weighted by Crippen LogP contribution is 2.12. The SMILES string of the molecule is COC(=O)c1cccc(C#Cc2cccc(NC(=O)Cc3ccc(C)cc3)c2)c1. The van der Waals surface area contributed by atoms with Crippen molar-refractivity contribution < 1.29 is 14.3 Å². The van der Waals surface area contributed by atoms with Crippen molar-refractivity contribution in [1.29, 1.82) is 0 Å². The fourth-order valence-electron chi connectivity index (χ4n) is 2.76. The van der Waals surface area contributed by atoms with Crippen LogP contribution in [-0.2, 0) is 16.0 Å². The Kier molecular flexibility index (Phi) is 6.44. The summed E-state index contributed by atoms with van der Waals surface area (Å²) in [6, 6.07) is 22.2. The van der Waals surface area contributed by atoms with Crippen LogP contribution in [0, 0.1) is 18.8 Å². The molecule has 29 heavy (non-hydrogen) atoms. The van der Waals surface area contributed by atoms with Gasteiger partial charge in [0.2, 0.25) is 5.91 Å². The summed E-state index contributed by atoms with van der Waals surface area (Å²) < 4.78 is 4.73. The number of amides is 1. The number of nitrogens with one attached hydrogen (secondary N) is 1. The molecule has 0 heterocycles. The third-order valence-corrected chi connectivity index (χ3v) is 4.27. The lowest BCUT2D eigenvalue weighted by Gasteiger charge is -2.06. The number of aryl methyl sites for hydroxylation is 1. The molecule has 3 aromatic carbocycles. The Morgan fingerprint density at radius 1 is 0.897 bits per heavy atom. The van der Waals surface area contributed by atoms with E-state index in [1.807, 2.05) is 61.5 Å². The quantitative estimate of drug-likeness (QED) is 0.538. The average molecular weight is 383 g/mol. The van der Waals surface area contributed by atoms with Gasteiger partial charge < -0.3 is 10.1 Å². The highest BCUT2D eigenvalue weighted by Gasteiger charge is 2.05. The first-order valence-electron chi connectivity index (χ1n) is 9.19. The summed E-state index contributed by atoms with van der Waals surface area (Å²) in [4.78, 5) is 23.9. The van der Waals surface area contributed by atoms with Crippen LogP contribution < -0.4 is 5.32 Å². The van der Waals surface area contributed by atoms with E-state index in [2.05, 4.69) is 17.2 Å². The van der Waals surface area contributed by atoms with E-state index in [4.69, 9.17) is 4.74 Å². The number of anilines is 1. The van der Waals surface area contributed by atoms with Crippen molar-refractivity contribution >= 4 is 17.6 Å². The van der Waals surface area contributed by atoms with Crippen LogP contribution in [0.5, 0.6) is 0 Å². The van der Waals surface area contributed by atoms with Gasteiger partial charge in [0.1, 0.15) is 0 Å². The second kappa shape index (κ2) is 9.38. The zero-order valence-corrected chi connectivity index (χ0v) is 16.4. The molecular weight excluding hydrogens is 362 g/mol. The van der Waals surface area contributed by atoms with Gasteiger partial charge in [-0.3, -0.25) is 4.79 Å². The van der Waals surface area contributed by atoms with Gasteiger partial charge in [-0.25, -0.2) is 4.79 Å². The number of esters is 1. The topological polar surface area (TPSA) is 55.4 Å². The van der Waals surface area contributed by atoms with Crippen molar-refractivity contribution in [3.8, 4) is 11.8 Å². The summed E-state index contributed by atoms with van der Waals surface area (Å²) >= 11 is 0. The van der Waals surface area contributed by atoms with Gasteiger partial charge in [0.05, 0.1) is 19.1 Å². The van der Waals surface area contributed by atoms with Crippen LogP contribution in [0.4, 0.5) is 5.69 Å². The summed E-state index contributed by atoms with van der Waals surface area (Å²) in [5.74, 6) is 5.62. The van der Waals surface area contributed by atoms with Gasteiger partial charge in [-0.15, -0.1) is 0 Å². The Hall–Kier alpha value is -3.84. The monoisotopic (exact) mass is 383 g/mol. The minimum absolute atomic E-state index is 0.0789. The fraction of sp³-hybridized carbons (Fsp3) is 0.120. The second-order valence-corrected chi connectivity index (χ2v) is 6.61. The zero-order chi connectivity index (χ0) is 20.6. The lowest BCUT2D eigenvalue weighted by Crippen LogP contribution is -2.14. The number of ether oxygens (including phenoxy) is 1. The molecule has 0 aliphatic rings. The van der Waals surface area contributed by atoms with Gasteiger partial charge in [-0.05, 0) is 48.9 Å². The number of rotatable bonds is 4. The number of carbonyl (C=O) groups excluding carboxylic acids is 2. The summed E-state index contributed by atoms with van der Waals surface area (Å²) in [7, 11) is 1.35. The minimum atomic E-state index is -0.396. The predicted octanol–water partition coefficient (Wildman–Crippen LogP) is 4.36. The van der Waals surface area contributed by atoms with Gasteiger partial charge in [-0.2, -0.15) is 0 Å². The van der Waals surface area contributed by atoms with E-state index < -0.39 is 5.97 Å². The van der Waals surface area contributed by atoms with Crippen molar-refractivity contribution in [3.63, 3.8) is 0 Å². The molecule has 0 unspecified atom stereocenters. The van der Waals surface area contributed by atoms with Gasteiger partial charge >= 0.3 is 5.97 Å². The molecule has 0 bridgehead atoms. The maximum Gasteiger partial charge on any atom is 0.337 e. The molecule has 4 heteroatoms. The molecule has 0 aromatic heterocycles. The lowest BCUT2D eigenvalue weighted by molar-refractivity contribution is -0.115. The van der Waals surface area contributed by atoms with Crippen LogP contribution in [0.3, 0.4) is 0 Å². The van der Waals surface area contributed by atoms with Crippen LogP contribution >= 0.6 is 0 Å². The third kappa shape index (κ3) is 5.82. The molecule has 1 N–H and O–H groups in total. The molecule has 144 valence electrons. The molecule has 3 aromatic rings. The Morgan fingerprint density at radius 2 is 1.55 bits per heavy atom. The molecule has 0 fully saturated rings. The zero-order valence-electron chi connectivity index (χ0n) is 16.4. The van der Waals surface area contributed by atoms with Gasteiger partial charge in [0, 0.05) is 16.8 Å². The number of hydrogen-bond acceptors (Lipinski definition) is 3. The Labute approximate surface area is 170 Å². The standard InChI is InChI=1S/C25H21NO3/c1-18-9-11-21(12-10-18)17-24(27)26-23-8-4-6-20(16-23)14-13-19-5-3-7-22(15-19)25(28)29-2/h3-12,15-16H,17H2,1-2H3,(H,26,27). The van der Waals surface area contributed by atoms with E-state index in [1.165, 1.54) is 7.11 Å². The van der Waals surface area contributed by atoms with Gasteiger partial charge in [0.15, 0.2) is 0 Å². The summed E-state index contributed by atoms with van der Waals surface area (Å²) in [6.07, 6.45) is 0.316. The first-order valence-corrected chi connectivity index (χ1v) is 9.19. The van der Waals surface area contributed by atoms with E-state index >= 15 is 0 Å². The Bertz CT molecular complexity index is 1090. The second-order valence-electron chi connectivity index (χ2n) is 6.61. The van der Waals surface area contributed by atoms with Crippen molar-refractivity contribution in [1.82, 2.24) is 0 Å². The Morgan fingerprint density at radius 3 is 2.24 bits per heavy atom. The lowest BCUT2D eigenvalue weighted by atomic mass is 10.1. The van der Waals surface area contributed by atoms with Crippen LogP contribution in [0.15, 0.2) is 72.8 Å². The first kappa shape index (κ1) is 19.9. The molecule has 0 aliphatic heterocycles. The van der Waals surface area contributed by atoms with Crippen LogP contribution in [0.25, 0.3) is 0 Å². The van der Waals surface area contributed by atoms with Crippen molar-refractivity contribution in [2.24, 2.45) is 0 Å². The summed E-state index contributed by atoms with van der Waals surface area (Å²) in [6.45, 7) is 2.02. The molecule has 0 radical (unpaired) electrons. The maximum absolute atomic E-state index is 12.3. The fourth-order valence-corrected chi connectivity index (χ4v) is 2.76. The van der Waals surface area contributed by atoms with E-state index in [1.54, 1.807) is 18.2 Å². The molecule has 3 rings (SSSR count). The smallest absolute Gasteiger partial charge is 0.337 e. The van der Waals surface area contributed by atoms with Crippen LogP contribution in [0.1, 0.15) is 32.6 Å². The summed E-state index contributed by atoms with van der Waals surface area (Å²) in [5.41, 5.74) is 4.75. The van der Waals surface area contributed by atoms with Crippen molar-refractivity contribution in [2.45, 2.75) is 13.3 Å². The molecule has 0 atom stereocenters. The molecule has 0 spiro atoms. The number of methoxy groups -OCH3 is 1.